The van der Waals surface area contributed by atoms with Gasteiger partial charge in [0.2, 0.25) is 5.71 Å². The Labute approximate surface area is 107 Å². The monoisotopic (exact) mass is 250 g/mol. The van der Waals surface area contributed by atoms with Gasteiger partial charge in [0.05, 0.1) is 5.39 Å². The molecule has 0 fully saturated rings. The van der Waals surface area contributed by atoms with Gasteiger partial charge in [-0.3, -0.25) is 4.98 Å². The quantitative estimate of drug-likeness (QED) is 0.396. The van der Waals surface area contributed by atoms with Crippen LogP contribution in [0, 0.1) is 0 Å². The number of fused-ring (bicyclic) bond motifs is 7. The van der Waals surface area contributed by atoms with Gasteiger partial charge in [-0.1, -0.05) is 0 Å². The van der Waals surface area contributed by atoms with Gasteiger partial charge in [-0.25, -0.2) is 4.98 Å². The smallest absolute Gasteiger partial charge is 0.393 e. The lowest BCUT2D eigenvalue weighted by Gasteiger charge is -1.88. The SMILES string of the molecule is c1cnc2c(c1)-c1oc3c4cccnc4oc3[n+]1C2. The molecule has 0 unspecified atom stereocenters. The van der Waals surface area contributed by atoms with Crippen molar-refractivity contribution in [1.82, 2.24) is 9.97 Å². The zero-order valence-electron chi connectivity index (χ0n) is 9.83. The van der Waals surface area contributed by atoms with Gasteiger partial charge in [-0.2, -0.15) is 0 Å². The highest BCUT2D eigenvalue weighted by molar-refractivity contribution is 5.97. The third-order valence-corrected chi connectivity index (χ3v) is 3.52. The van der Waals surface area contributed by atoms with E-state index in [1.54, 1.807) is 12.4 Å². The first-order valence-electron chi connectivity index (χ1n) is 6.06. The molecule has 0 radical (unpaired) electrons. The molecular formula is C14H8N3O2+. The predicted molar refractivity (Wildman–Crippen MR) is 66.3 cm³/mol. The second-order valence-electron chi connectivity index (χ2n) is 4.58. The van der Waals surface area contributed by atoms with E-state index < -0.39 is 0 Å². The van der Waals surface area contributed by atoms with E-state index in [2.05, 4.69) is 9.97 Å². The summed E-state index contributed by atoms with van der Waals surface area (Å²) in [5.41, 5.74) is 4.13. The Morgan fingerprint density at radius 2 is 1.95 bits per heavy atom. The number of nitrogens with zero attached hydrogens (tertiary/aromatic N) is 3. The molecule has 5 heterocycles. The van der Waals surface area contributed by atoms with Crippen molar-refractivity contribution in [3.8, 4) is 11.5 Å². The van der Waals surface area contributed by atoms with Crippen LogP contribution < -0.4 is 4.57 Å². The first-order valence-corrected chi connectivity index (χ1v) is 6.06. The van der Waals surface area contributed by atoms with Gasteiger partial charge < -0.3 is 8.83 Å². The molecule has 0 amide bonds. The van der Waals surface area contributed by atoms with E-state index >= 15 is 0 Å². The normalized spacial score (nSPS) is 13.1. The summed E-state index contributed by atoms with van der Waals surface area (Å²) in [5, 5.41) is 0.907. The van der Waals surface area contributed by atoms with Crippen LogP contribution in [-0.2, 0) is 6.54 Å². The van der Waals surface area contributed by atoms with Crippen molar-refractivity contribution in [3.05, 3.63) is 42.4 Å². The lowest BCUT2D eigenvalue weighted by atomic mass is 10.2. The Bertz CT molecular complexity index is 952. The number of aromatic nitrogens is 3. The van der Waals surface area contributed by atoms with Gasteiger partial charge in [0.15, 0.2) is 6.54 Å². The standard InChI is InChI=1S/C14H8N3O2/c1-3-8-10(15-5-1)7-17-13(8)18-11-9-4-2-6-16-12(9)19-14(11)17/h1-6H,7H2/q+1. The topological polar surface area (TPSA) is 55.9 Å². The van der Waals surface area contributed by atoms with Crippen LogP contribution >= 0.6 is 0 Å². The van der Waals surface area contributed by atoms with E-state index in [1.165, 1.54) is 0 Å². The maximum Gasteiger partial charge on any atom is 0.423 e. The van der Waals surface area contributed by atoms with Crippen molar-refractivity contribution >= 4 is 22.4 Å². The van der Waals surface area contributed by atoms with Crippen LogP contribution in [0.4, 0.5) is 0 Å². The Hall–Kier alpha value is -2.69. The zero-order valence-corrected chi connectivity index (χ0v) is 9.83. The summed E-state index contributed by atoms with van der Waals surface area (Å²) in [6.45, 7) is 0.679. The van der Waals surface area contributed by atoms with Crippen molar-refractivity contribution in [3.63, 3.8) is 0 Å². The van der Waals surface area contributed by atoms with Crippen molar-refractivity contribution in [1.29, 1.82) is 0 Å². The van der Waals surface area contributed by atoms with E-state index in [9.17, 15) is 0 Å². The molecule has 0 bridgehead atoms. The predicted octanol–water partition coefficient (Wildman–Crippen LogP) is 2.29. The highest BCUT2D eigenvalue weighted by atomic mass is 16.4. The average molecular weight is 250 g/mol. The Balaban J connectivity index is 1.93. The van der Waals surface area contributed by atoms with Crippen molar-refractivity contribution in [2.24, 2.45) is 0 Å². The molecule has 0 saturated heterocycles. The molecule has 0 spiro atoms. The third-order valence-electron chi connectivity index (χ3n) is 3.52. The number of oxazole rings is 1. The Morgan fingerprint density at radius 3 is 2.95 bits per heavy atom. The minimum absolute atomic E-state index is 0.607. The van der Waals surface area contributed by atoms with Gasteiger partial charge in [0.1, 0.15) is 11.3 Å². The van der Waals surface area contributed by atoms with Crippen molar-refractivity contribution in [2.75, 3.05) is 0 Å². The van der Waals surface area contributed by atoms with E-state index in [0.29, 0.717) is 12.3 Å². The molecule has 0 atom stereocenters. The summed E-state index contributed by atoms with van der Waals surface area (Å²) < 4.78 is 13.8. The summed E-state index contributed by atoms with van der Waals surface area (Å²) in [5.74, 6) is 0.808. The first-order chi connectivity index (χ1) is 9.42. The summed E-state index contributed by atoms with van der Waals surface area (Å²) >= 11 is 0. The van der Waals surface area contributed by atoms with E-state index in [4.69, 9.17) is 8.83 Å². The fourth-order valence-corrected chi connectivity index (χ4v) is 2.67. The largest absolute Gasteiger partial charge is 0.423 e. The average Bonchev–Trinajstić information content (AvgIpc) is 3.07. The minimum Gasteiger partial charge on any atom is -0.393 e. The summed E-state index contributed by atoms with van der Waals surface area (Å²) in [6, 6.07) is 7.77. The molecule has 5 rings (SSSR count). The van der Waals surface area contributed by atoms with Crippen LogP contribution in [0.15, 0.2) is 45.5 Å². The highest BCUT2D eigenvalue weighted by Gasteiger charge is 2.37. The van der Waals surface area contributed by atoms with Gasteiger partial charge in [0.25, 0.3) is 5.58 Å². The molecule has 1 aliphatic heterocycles. The molecule has 0 aliphatic carbocycles. The Morgan fingerprint density at radius 1 is 1.05 bits per heavy atom. The molecule has 90 valence electrons. The molecule has 0 aromatic carbocycles. The van der Waals surface area contributed by atoms with E-state index in [0.717, 1.165) is 33.8 Å². The van der Waals surface area contributed by atoms with Crippen molar-refractivity contribution < 1.29 is 13.4 Å². The fourth-order valence-electron chi connectivity index (χ4n) is 2.67. The molecule has 4 aromatic heterocycles. The van der Waals surface area contributed by atoms with Crippen LogP contribution in [0.1, 0.15) is 5.69 Å². The number of furan rings is 1. The second kappa shape index (κ2) is 3.00. The number of rotatable bonds is 0. The van der Waals surface area contributed by atoms with Gasteiger partial charge >= 0.3 is 11.6 Å². The molecule has 5 nitrogen and oxygen atoms in total. The summed E-state index contributed by atoms with van der Waals surface area (Å²) in [4.78, 5) is 8.58. The second-order valence-corrected chi connectivity index (χ2v) is 4.58. The fraction of sp³-hybridized carbons (Fsp3) is 0.0714. The molecule has 19 heavy (non-hydrogen) atoms. The van der Waals surface area contributed by atoms with E-state index in [-0.39, 0.29) is 0 Å². The Kier molecular flexibility index (Phi) is 1.46. The molecular weight excluding hydrogens is 242 g/mol. The molecule has 4 aromatic rings. The third kappa shape index (κ3) is 1.03. The van der Waals surface area contributed by atoms with Crippen molar-refractivity contribution in [2.45, 2.75) is 6.54 Å². The number of hydrogen-bond acceptors (Lipinski definition) is 4. The minimum atomic E-state index is 0.607. The lowest BCUT2D eigenvalue weighted by Crippen LogP contribution is -2.30. The van der Waals surface area contributed by atoms with Gasteiger partial charge in [-0.05, 0) is 24.3 Å². The molecule has 5 heteroatoms. The first kappa shape index (κ1) is 9.27. The highest BCUT2D eigenvalue weighted by Crippen LogP contribution is 2.34. The summed E-state index contributed by atoms with van der Waals surface area (Å²) in [6.07, 6.45) is 3.51. The van der Waals surface area contributed by atoms with Gasteiger partial charge in [-0.15, -0.1) is 4.57 Å². The molecule has 0 N–H and O–H groups in total. The van der Waals surface area contributed by atoms with E-state index in [1.807, 2.05) is 28.8 Å². The maximum absolute atomic E-state index is 5.98. The van der Waals surface area contributed by atoms with Crippen LogP contribution in [-0.4, -0.2) is 9.97 Å². The molecule has 0 saturated carbocycles. The van der Waals surface area contributed by atoms with Crippen LogP contribution in [0.25, 0.3) is 33.9 Å². The number of hydrogen-bond donors (Lipinski definition) is 0. The van der Waals surface area contributed by atoms with Crippen LogP contribution in [0.2, 0.25) is 0 Å². The maximum atomic E-state index is 5.98. The van der Waals surface area contributed by atoms with Gasteiger partial charge in [0, 0.05) is 12.4 Å². The summed E-state index contributed by atoms with van der Waals surface area (Å²) in [7, 11) is 0. The zero-order chi connectivity index (χ0) is 12.4. The van der Waals surface area contributed by atoms with Crippen LogP contribution in [0.3, 0.4) is 0 Å². The lowest BCUT2D eigenvalue weighted by molar-refractivity contribution is -0.656. The number of pyridine rings is 2. The van der Waals surface area contributed by atoms with Crippen LogP contribution in [0.5, 0.6) is 0 Å². The molecule has 1 aliphatic rings.